The third kappa shape index (κ3) is 3.62. The van der Waals surface area contributed by atoms with E-state index in [0.29, 0.717) is 41.2 Å². The summed E-state index contributed by atoms with van der Waals surface area (Å²) in [5, 5.41) is 9.22. The fraction of sp³-hybridized carbons (Fsp3) is 0.424. The minimum Gasteiger partial charge on any atom is -0.482 e. The number of nitrogens with two attached hydrogens (primary N) is 1. The lowest BCUT2D eigenvalue weighted by molar-refractivity contribution is 0.0791. The molecule has 0 radical (unpaired) electrons. The van der Waals surface area contributed by atoms with Crippen LogP contribution >= 0.6 is 0 Å². The average Bonchev–Trinajstić information content (AvgIpc) is 3.42. The Bertz CT molecular complexity index is 2080. The van der Waals surface area contributed by atoms with E-state index in [9.17, 15) is 4.79 Å². The molecule has 2 aliphatic heterocycles. The number of methoxy groups -OCH3 is 1. The molecule has 5 aromatic rings. The van der Waals surface area contributed by atoms with Gasteiger partial charge in [-0.05, 0) is 68.4 Å². The number of aromatic nitrogens is 6. The van der Waals surface area contributed by atoms with Gasteiger partial charge >= 0.3 is 0 Å². The molecule has 224 valence electrons. The van der Waals surface area contributed by atoms with Crippen LogP contribution in [0, 0.1) is 19.8 Å². The molecule has 10 rings (SSSR count). The van der Waals surface area contributed by atoms with Crippen LogP contribution in [0.3, 0.4) is 0 Å². The zero-order valence-electron chi connectivity index (χ0n) is 25.3. The van der Waals surface area contributed by atoms with Crippen LogP contribution in [0.4, 0.5) is 0 Å². The molecular weight excluding hydrogens is 556 g/mol. The number of carbonyl (C=O) groups excluding carboxylic acids is 1. The zero-order chi connectivity index (χ0) is 30.1. The third-order valence-electron chi connectivity index (χ3n) is 10.1. The van der Waals surface area contributed by atoms with Crippen LogP contribution in [0.5, 0.6) is 5.88 Å². The topological polar surface area (TPSA) is 130 Å². The molecule has 3 atom stereocenters. The molecule has 1 amide bonds. The Balaban J connectivity index is 1.12. The fourth-order valence-electron chi connectivity index (χ4n) is 7.62. The molecule has 0 spiro atoms. The van der Waals surface area contributed by atoms with Gasteiger partial charge in [0.15, 0.2) is 5.88 Å². The summed E-state index contributed by atoms with van der Waals surface area (Å²) in [7, 11) is 1.64. The number of carbonyl (C=O) groups is 1. The van der Waals surface area contributed by atoms with Gasteiger partial charge in [0, 0.05) is 60.3 Å². The normalized spacial score (nSPS) is 22.6. The highest BCUT2D eigenvalue weighted by atomic mass is 16.5. The van der Waals surface area contributed by atoms with Crippen molar-refractivity contribution in [2.45, 2.75) is 76.9 Å². The summed E-state index contributed by atoms with van der Waals surface area (Å²) in [6.45, 7) is 6.88. The van der Waals surface area contributed by atoms with E-state index in [-0.39, 0.29) is 23.4 Å². The second-order valence-corrected chi connectivity index (χ2v) is 13.1. The smallest absolute Gasteiger partial charge is 0.258 e. The first-order valence-corrected chi connectivity index (χ1v) is 15.5. The van der Waals surface area contributed by atoms with Gasteiger partial charge in [0.1, 0.15) is 17.0 Å². The maximum Gasteiger partial charge on any atom is 0.258 e. The predicted molar refractivity (Wildman–Crippen MR) is 162 cm³/mol. The molecule has 5 aromatic heterocycles. The molecule has 5 aliphatic rings. The lowest BCUT2D eigenvalue weighted by Crippen LogP contribution is -2.32. The van der Waals surface area contributed by atoms with Gasteiger partial charge in [-0.2, -0.15) is 0 Å². The monoisotopic (exact) mass is 590 g/mol. The highest BCUT2D eigenvalue weighted by molar-refractivity contribution is 6.00. The second-order valence-electron chi connectivity index (χ2n) is 13.1. The van der Waals surface area contributed by atoms with Crippen molar-refractivity contribution in [1.29, 1.82) is 0 Å². The first kappa shape index (κ1) is 25.9. The number of imidazole rings is 1. The Morgan fingerprint density at radius 1 is 1.18 bits per heavy atom. The Morgan fingerprint density at radius 3 is 2.68 bits per heavy atom. The fourth-order valence-corrected chi connectivity index (χ4v) is 7.62. The molecule has 7 heterocycles. The second kappa shape index (κ2) is 8.78. The summed E-state index contributed by atoms with van der Waals surface area (Å²) >= 11 is 0. The number of fused-ring (bicyclic) bond motifs is 2. The van der Waals surface area contributed by atoms with Crippen molar-refractivity contribution in [1.82, 2.24) is 34.0 Å². The van der Waals surface area contributed by atoms with Crippen LogP contribution in [-0.2, 0) is 13.0 Å². The van der Waals surface area contributed by atoms with Gasteiger partial charge in [0.05, 0.1) is 24.0 Å². The van der Waals surface area contributed by atoms with Gasteiger partial charge in [-0.25, -0.2) is 9.97 Å². The van der Waals surface area contributed by atoms with Crippen LogP contribution in [-0.4, -0.2) is 58.6 Å². The van der Waals surface area contributed by atoms with Gasteiger partial charge in [0.2, 0.25) is 11.8 Å². The summed E-state index contributed by atoms with van der Waals surface area (Å²) < 4.78 is 15.8. The lowest BCUT2D eigenvalue weighted by Gasteiger charge is -2.20. The van der Waals surface area contributed by atoms with Crippen LogP contribution in [0.15, 0.2) is 46.0 Å². The van der Waals surface area contributed by atoms with E-state index in [1.807, 2.05) is 21.4 Å². The van der Waals surface area contributed by atoms with E-state index < -0.39 is 0 Å². The van der Waals surface area contributed by atoms with E-state index >= 15 is 0 Å². The number of hydrogen-bond acceptors (Lipinski definition) is 8. The zero-order valence-corrected chi connectivity index (χ0v) is 25.3. The molecule has 0 aromatic carbocycles. The summed E-state index contributed by atoms with van der Waals surface area (Å²) in [6.07, 6.45) is 4.81. The van der Waals surface area contributed by atoms with Gasteiger partial charge in [-0.1, -0.05) is 6.92 Å². The van der Waals surface area contributed by atoms with Gasteiger partial charge < -0.3 is 24.4 Å². The minimum absolute atomic E-state index is 0.0304. The summed E-state index contributed by atoms with van der Waals surface area (Å²) in [4.78, 5) is 26.0. The molecule has 1 unspecified atom stereocenters. The van der Waals surface area contributed by atoms with Crippen LogP contribution in [0.1, 0.15) is 72.1 Å². The number of ether oxygens (including phenoxy) is 1. The molecule has 1 saturated heterocycles. The van der Waals surface area contributed by atoms with E-state index in [2.05, 4.69) is 46.8 Å². The van der Waals surface area contributed by atoms with E-state index in [4.69, 9.17) is 24.9 Å². The quantitative estimate of drug-likeness (QED) is 0.275. The van der Waals surface area contributed by atoms with E-state index in [0.717, 1.165) is 58.9 Å². The number of aryl methyl sites for hydroxylation is 2. The maximum atomic E-state index is 13.8. The van der Waals surface area contributed by atoms with Crippen molar-refractivity contribution in [3.63, 3.8) is 0 Å². The third-order valence-corrected chi connectivity index (χ3v) is 10.1. The summed E-state index contributed by atoms with van der Waals surface area (Å²) in [6, 6.07) is 10.3. The summed E-state index contributed by atoms with van der Waals surface area (Å²) in [5.41, 5.74) is 14.5. The van der Waals surface area contributed by atoms with Crippen molar-refractivity contribution >= 4 is 22.6 Å². The molecule has 11 heteroatoms. The van der Waals surface area contributed by atoms with Gasteiger partial charge in [-0.15, -0.1) is 10.2 Å². The summed E-state index contributed by atoms with van der Waals surface area (Å²) in [5.74, 6) is 2.48. The van der Waals surface area contributed by atoms with Crippen LogP contribution in [0.25, 0.3) is 28.1 Å². The molecule has 2 N–H and O–H groups in total. The van der Waals surface area contributed by atoms with Gasteiger partial charge in [-0.3, -0.25) is 9.20 Å². The van der Waals surface area contributed by atoms with Crippen LogP contribution < -0.4 is 10.5 Å². The molecule has 3 fully saturated rings. The molecule has 44 heavy (non-hydrogen) atoms. The Labute approximate surface area is 253 Å². The average molecular weight is 591 g/mol. The maximum absolute atomic E-state index is 13.8. The number of pyridine rings is 2. The van der Waals surface area contributed by atoms with Crippen molar-refractivity contribution in [2.75, 3.05) is 7.11 Å². The highest BCUT2D eigenvalue weighted by Crippen LogP contribution is 2.64. The number of rotatable bonds is 8. The van der Waals surface area contributed by atoms with Crippen LogP contribution in [0.2, 0.25) is 0 Å². The number of piperidine rings is 1. The first-order valence-electron chi connectivity index (χ1n) is 15.5. The molecule has 4 bridgehead atoms. The van der Waals surface area contributed by atoms with Gasteiger partial charge in [0.25, 0.3) is 5.91 Å². The highest BCUT2D eigenvalue weighted by Gasteiger charge is 2.68. The SMILES string of the molecule is COc1cc(C(=O)N2C3=C4C[C@H]2C[C@@]43N)cc2nc(-c3cc4ccc(C(C)Cc5nnc(C)o5)nc4n3CC3CC3)c(C)n12. The Hall–Kier alpha value is -4.51. The Morgan fingerprint density at radius 2 is 2.02 bits per heavy atom. The molecular formula is C33H34N8O3. The molecule has 3 aliphatic carbocycles. The molecule has 11 nitrogen and oxygen atoms in total. The predicted octanol–water partition coefficient (Wildman–Crippen LogP) is 4.70. The molecule has 2 saturated carbocycles. The van der Waals surface area contributed by atoms with Crippen molar-refractivity contribution < 1.29 is 13.9 Å². The number of nitrogens with zero attached hydrogens (tertiary/aromatic N) is 7. The standard InChI is InChI=1S/C33H34N8O3/c1-16(9-27-38-37-18(3)44-27)24-8-7-20-10-25(39(31(20)35-24)15-19-5-6-19)29-17(2)40-26(36-29)11-21(12-28(40)43-4)32(42)41-22-13-23-30(41)33(23,34)14-22/h7-8,10-12,16,19,22H,5-6,9,13-15,34H2,1-4H3/t16?,22-,33+/m0/s1. The number of hydrogen-bond donors (Lipinski definition) is 1. The Kier molecular flexibility index (Phi) is 5.18. The lowest BCUT2D eigenvalue weighted by atomic mass is 10.0. The van der Waals surface area contributed by atoms with E-state index in [1.54, 1.807) is 14.0 Å². The number of amides is 1. The minimum atomic E-state index is -0.335. The van der Waals surface area contributed by atoms with Crippen molar-refractivity contribution in [3.05, 3.63) is 70.3 Å². The van der Waals surface area contributed by atoms with E-state index in [1.165, 1.54) is 18.4 Å². The van der Waals surface area contributed by atoms with Crippen molar-refractivity contribution in [3.8, 4) is 17.3 Å². The first-order chi connectivity index (χ1) is 21.2. The largest absolute Gasteiger partial charge is 0.482 e. The van der Waals surface area contributed by atoms with Crippen molar-refractivity contribution in [2.24, 2.45) is 11.7 Å².